The number of amides is 1. The van der Waals surface area contributed by atoms with Crippen LogP contribution < -0.4 is 0 Å². The molecule has 1 aromatic rings. The van der Waals surface area contributed by atoms with Crippen LogP contribution in [0.3, 0.4) is 0 Å². The van der Waals surface area contributed by atoms with E-state index >= 15 is 0 Å². The Bertz CT molecular complexity index is 603. The van der Waals surface area contributed by atoms with Gasteiger partial charge in [-0.1, -0.05) is 30.3 Å². The maximum Gasteiger partial charge on any atom is 0.243 e. The minimum absolute atomic E-state index is 0.0697. The summed E-state index contributed by atoms with van der Waals surface area (Å²) in [5.74, 6) is 0.591. The van der Waals surface area contributed by atoms with E-state index in [1.54, 1.807) is 0 Å². The minimum Gasteiger partial charge on any atom is -0.341 e. The molecule has 0 radical (unpaired) electrons. The van der Waals surface area contributed by atoms with E-state index in [2.05, 4.69) is 35.2 Å². The first-order valence-corrected chi connectivity index (χ1v) is 9.14. The van der Waals surface area contributed by atoms with Crippen molar-refractivity contribution in [1.82, 2.24) is 9.80 Å². The predicted octanol–water partition coefficient (Wildman–Crippen LogP) is 3.05. The van der Waals surface area contributed by atoms with Crippen LogP contribution in [0.1, 0.15) is 38.2 Å². The number of hydrogen-bond acceptors (Lipinski definition) is 3. The molecule has 0 N–H and O–H groups in total. The molecule has 1 aromatic carbocycles. The Kier molecular flexibility index (Phi) is 5.20. The van der Waals surface area contributed by atoms with Crippen molar-refractivity contribution >= 4 is 5.91 Å². The average molecular weight is 325 g/mol. The maximum atomic E-state index is 12.8. The van der Waals surface area contributed by atoms with E-state index in [9.17, 15) is 10.1 Å². The van der Waals surface area contributed by atoms with Crippen LogP contribution >= 0.6 is 0 Å². The fourth-order valence-electron chi connectivity index (χ4n) is 3.92. The van der Waals surface area contributed by atoms with Crippen LogP contribution in [0.4, 0.5) is 0 Å². The standard InChI is InChI=1S/C20H27N3O/c1-2-23(19(24)20(16-21)10-6-11-20)15-18-9-12-22(14-18)13-17-7-4-3-5-8-17/h3-5,7-8,18H,2,6,9-15H2,1H3/t18-/m1/s1. The molecule has 1 aliphatic heterocycles. The Morgan fingerprint density at radius 3 is 2.71 bits per heavy atom. The molecule has 3 rings (SSSR count). The summed E-state index contributed by atoms with van der Waals surface area (Å²) in [6, 6.07) is 12.8. The molecule has 0 aromatic heterocycles. The molecule has 1 atom stereocenters. The van der Waals surface area contributed by atoms with Crippen molar-refractivity contribution < 1.29 is 4.79 Å². The second kappa shape index (κ2) is 7.36. The summed E-state index contributed by atoms with van der Waals surface area (Å²) in [6.45, 7) is 6.65. The van der Waals surface area contributed by atoms with Crippen LogP contribution in [-0.2, 0) is 11.3 Å². The summed E-state index contributed by atoms with van der Waals surface area (Å²) in [5.41, 5.74) is 0.637. The van der Waals surface area contributed by atoms with Crippen molar-refractivity contribution in [2.45, 2.75) is 39.2 Å². The van der Waals surface area contributed by atoms with Gasteiger partial charge in [0.1, 0.15) is 5.41 Å². The summed E-state index contributed by atoms with van der Waals surface area (Å²) in [7, 11) is 0. The average Bonchev–Trinajstić information content (AvgIpc) is 3.00. The quantitative estimate of drug-likeness (QED) is 0.807. The second-order valence-corrected chi connectivity index (χ2v) is 7.27. The topological polar surface area (TPSA) is 47.3 Å². The largest absolute Gasteiger partial charge is 0.341 e. The zero-order valence-electron chi connectivity index (χ0n) is 14.6. The van der Waals surface area contributed by atoms with Gasteiger partial charge in [0, 0.05) is 26.2 Å². The fraction of sp³-hybridized carbons (Fsp3) is 0.600. The predicted molar refractivity (Wildman–Crippen MR) is 94.0 cm³/mol. The molecule has 1 heterocycles. The lowest BCUT2D eigenvalue weighted by atomic mass is 9.69. The zero-order chi connectivity index (χ0) is 17.0. The Labute approximate surface area is 145 Å². The van der Waals surface area contributed by atoms with Gasteiger partial charge in [-0.2, -0.15) is 5.26 Å². The first-order valence-electron chi connectivity index (χ1n) is 9.14. The third-order valence-electron chi connectivity index (χ3n) is 5.60. The molecule has 1 aliphatic carbocycles. The number of carbonyl (C=O) groups is 1. The summed E-state index contributed by atoms with van der Waals surface area (Å²) < 4.78 is 0. The van der Waals surface area contributed by atoms with Crippen LogP contribution in [0.2, 0.25) is 0 Å². The molecule has 128 valence electrons. The Balaban J connectivity index is 1.54. The summed E-state index contributed by atoms with van der Waals surface area (Å²) in [5, 5.41) is 9.41. The zero-order valence-corrected chi connectivity index (χ0v) is 14.6. The molecular formula is C20H27N3O. The number of rotatable bonds is 6. The number of nitriles is 1. The monoisotopic (exact) mass is 325 g/mol. The smallest absolute Gasteiger partial charge is 0.243 e. The van der Waals surface area contributed by atoms with E-state index in [1.165, 1.54) is 5.56 Å². The van der Waals surface area contributed by atoms with E-state index in [0.717, 1.165) is 51.9 Å². The molecule has 24 heavy (non-hydrogen) atoms. The molecule has 1 amide bonds. The van der Waals surface area contributed by atoms with Crippen molar-refractivity contribution in [2.75, 3.05) is 26.2 Å². The number of likely N-dealkylation sites (tertiary alicyclic amines) is 1. The number of benzene rings is 1. The van der Waals surface area contributed by atoms with Gasteiger partial charge in [0.05, 0.1) is 6.07 Å². The first-order chi connectivity index (χ1) is 11.7. The normalized spacial score (nSPS) is 22.6. The van der Waals surface area contributed by atoms with Gasteiger partial charge in [0.15, 0.2) is 0 Å². The third-order valence-corrected chi connectivity index (χ3v) is 5.60. The van der Waals surface area contributed by atoms with Gasteiger partial charge in [0.25, 0.3) is 0 Å². The molecule has 0 unspecified atom stereocenters. The van der Waals surface area contributed by atoms with Crippen LogP contribution in [0, 0.1) is 22.7 Å². The Morgan fingerprint density at radius 1 is 1.38 bits per heavy atom. The van der Waals surface area contributed by atoms with Gasteiger partial charge in [-0.3, -0.25) is 9.69 Å². The number of hydrogen-bond donors (Lipinski definition) is 0. The van der Waals surface area contributed by atoms with Gasteiger partial charge < -0.3 is 4.90 Å². The van der Waals surface area contributed by atoms with E-state index in [-0.39, 0.29) is 5.91 Å². The van der Waals surface area contributed by atoms with Gasteiger partial charge in [-0.05, 0) is 50.6 Å². The van der Waals surface area contributed by atoms with E-state index in [4.69, 9.17) is 0 Å². The van der Waals surface area contributed by atoms with Crippen molar-refractivity contribution in [3.8, 4) is 6.07 Å². The minimum atomic E-state index is -0.710. The van der Waals surface area contributed by atoms with Crippen molar-refractivity contribution in [3.63, 3.8) is 0 Å². The Morgan fingerprint density at radius 2 is 2.12 bits per heavy atom. The van der Waals surface area contributed by atoms with Crippen LogP contribution in [0.25, 0.3) is 0 Å². The van der Waals surface area contributed by atoms with Crippen LogP contribution in [-0.4, -0.2) is 41.9 Å². The maximum absolute atomic E-state index is 12.8. The Hall–Kier alpha value is -1.86. The second-order valence-electron chi connectivity index (χ2n) is 7.27. The molecule has 1 saturated heterocycles. The lowest BCUT2D eigenvalue weighted by molar-refractivity contribution is -0.143. The molecule has 4 nitrogen and oxygen atoms in total. The van der Waals surface area contributed by atoms with Crippen LogP contribution in [0.5, 0.6) is 0 Å². The molecule has 0 spiro atoms. The van der Waals surface area contributed by atoms with Gasteiger partial charge in [-0.15, -0.1) is 0 Å². The lowest BCUT2D eigenvalue weighted by Gasteiger charge is -2.38. The highest BCUT2D eigenvalue weighted by atomic mass is 16.2. The van der Waals surface area contributed by atoms with E-state index in [1.807, 2.05) is 17.9 Å². The highest BCUT2D eigenvalue weighted by molar-refractivity contribution is 5.86. The molecule has 0 bridgehead atoms. The van der Waals surface area contributed by atoms with Crippen LogP contribution in [0.15, 0.2) is 30.3 Å². The van der Waals surface area contributed by atoms with Crippen molar-refractivity contribution in [2.24, 2.45) is 11.3 Å². The number of nitrogens with zero attached hydrogens (tertiary/aromatic N) is 3. The summed E-state index contributed by atoms with van der Waals surface area (Å²) >= 11 is 0. The molecule has 2 aliphatic rings. The highest BCUT2D eigenvalue weighted by Gasteiger charge is 2.47. The fourth-order valence-corrected chi connectivity index (χ4v) is 3.92. The van der Waals surface area contributed by atoms with Crippen molar-refractivity contribution in [1.29, 1.82) is 5.26 Å². The molecule has 4 heteroatoms. The van der Waals surface area contributed by atoms with Crippen molar-refractivity contribution in [3.05, 3.63) is 35.9 Å². The van der Waals surface area contributed by atoms with Gasteiger partial charge >= 0.3 is 0 Å². The van der Waals surface area contributed by atoms with E-state index < -0.39 is 5.41 Å². The molecule has 1 saturated carbocycles. The van der Waals surface area contributed by atoms with Gasteiger partial charge in [-0.25, -0.2) is 0 Å². The van der Waals surface area contributed by atoms with Gasteiger partial charge in [0.2, 0.25) is 5.91 Å². The van der Waals surface area contributed by atoms with E-state index in [0.29, 0.717) is 12.5 Å². The first kappa shape index (κ1) is 17.0. The highest BCUT2D eigenvalue weighted by Crippen LogP contribution is 2.42. The summed E-state index contributed by atoms with van der Waals surface area (Å²) in [6.07, 6.45) is 3.62. The molecule has 2 fully saturated rings. The lowest BCUT2D eigenvalue weighted by Crippen LogP contribution is -2.48. The molecular weight excluding hydrogens is 298 g/mol. The third kappa shape index (κ3) is 3.47. The summed E-state index contributed by atoms with van der Waals surface area (Å²) in [4.78, 5) is 17.2. The SMILES string of the molecule is CCN(C[C@@H]1CCN(Cc2ccccc2)C1)C(=O)C1(C#N)CCC1. The number of carbonyl (C=O) groups excluding carboxylic acids is 1.